The minimum atomic E-state index is -0.554. The number of ether oxygens (including phenoxy) is 2. The molecule has 0 heterocycles. The Bertz CT molecular complexity index is 242. The summed E-state index contributed by atoms with van der Waals surface area (Å²) in [5, 5.41) is 3.36. The van der Waals surface area contributed by atoms with Crippen molar-refractivity contribution in [2.75, 3.05) is 14.2 Å². The molecule has 0 aromatic carbocycles. The molecular formula is C12H23NO3. The molecule has 1 aliphatic rings. The lowest BCUT2D eigenvalue weighted by molar-refractivity contribution is -0.152. The molecule has 0 bridgehead atoms. The van der Waals surface area contributed by atoms with Gasteiger partial charge in [0.15, 0.2) is 0 Å². The minimum Gasteiger partial charge on any atom is -0.468 e. The molecule has 1 aliphatic carbocycles. The van der Waals surface area contributed by atoms with Gasteiger partial charge in [0.25, 0.3) is 0 Å². The molecule has 0 amide bonds. The first-order valence-corrected chi connectivity index (χ1v) is 5.93. The Labute approximate surface area is 97.7 Å². The Kier molecular flexibility index (Phi) is 4.74. The van der Waals surface area contributed by atoms with Crippen LogP contribution in [0.3, 0.4) is 0 Å². The molecule has 0 aromatic rings. The lowest BCUT2D eigenvalue weighted by atomic mass is 9.79. The highest BCUT2D eigenvalue weighted by Gasteiger charge is 2.44. The van der Waals surface area contributed by atoms with Crippen LogP contribution in [0.1, 0.15) is 39.5 Å². The Morgan fingerprint density at radius 1 is 1.44 bits per heavy atom. The van der Waals surface area contributed by atoms with Crippen molar-refractivity contribution < 1.29 is 14.3 Å². The van der Waals surface area contributed by atoms with E-state index >= 15 is 0 Å². The summed E-state index contributed by atoms with van der Waals surface area (Å²) < 4.78 is 10.3. The zero-order valence-electron chi connectivity index (χ0n) is 10.7. The van der Waals surface area contributed by atoms with E-state index < -0.39 is 5.54 Å². The molecule has 16 heavy (non-hydrogen) atoms. The van der Waals surface area contributed by atoms with Crippen LogP contribution < -0.4 is 5.32 Å². The van der Waals surface area contributed by atoms with E-state index in [0.717, 1.165) is 19.3 Å². The number of methoxy groups -OCH3 is 2. The van der Waals surface area contributed by atoms with Gasteiger partial charge in [-0.3, -0.25) is 10.1 Å². The van der Waals surface area contributed by atoms with Crippen LogP contribution in [0.15, 0.2) is 0 Å². The number of nitrogens with one attached hydrogen (secondary N) is 1. The van der Waals surface area contributed by atoms with Gasteiger partial charge in [0.05, 0.1) is 13.2 Å². The van der Waals surface area contributed by atoms with Crippen LogP contribution in [0.4, 0.5) is 0 Å². The molecule has 1 saturated carbocycles. The van der Waals surface area contributed by atoms with Gasteiger partial charge in [-0.2, -0.15) is 0 Å². The second kappa shape index (κ2) is 5.64. The standard InChI is InChI=1S/C12H23NO3/c1-9(2)13-12(11(14)16-4)7-5-6-10(8-12)15-3/h9-10,13H,5-8H2,1-4H3. The summed E-state index contributed by atoms with van der Waals surface area (Å²) in [4.78, 5) is 11.9. The summed E-state index contributed by atoms with van der Waals surface area (Å²) in [6, 6.07) is 0.259. The maximum Gasteiger partial charge on any atom is 0.326 e. The van der Waals surface area contributed by atoms with Gasteiger partial charge in [-0.15, -0.1) is 0 Å². The van der Waals surface area contributed by atoms with Crippen LogP contribution in [-0.2, 0) is 14.3 Å². The van der Waals surface area contributed by atoms with Gasteiger partial charge in [-0.05, 0) is 33.1 Å². The lowest BCUT2D eigenvalue weighted by Gasteiger charge is -2.40. The molecule has 0 aliphatic heterocycles. The molecule has 0 spiro atoms. The van der Waals surface area contributed by atoms with E-state index in [1.54, 1.807) is 7.11 Å². The third-order valence-corrected chi connectivity index (χ3v) is 3.18. The number of rotatable bonds is 4. The average Bonchev–Trinajstić information content (AvgIpc) is 2.27. The van der Waals surface area contributed by atoms with Gasteiger partial charge in [0.1, 0.15) is 5.54 Å². The molecule has 94 valence electrons. The third-order valence-electron chi connectivity index (χ3n) is 3.18. The van der Waals surface area contributed by atoms with Crippen molar-refractivity contribution in [3.63, 3.8) is 0 Å². The van der Waals surface area contributed by atoms with E-state index in [9.17, 15) is 4.79 Å². The third kappa shape index (κ3) is 2.95. The van der Waals surface area contributed by atoms with Crippen molar-refractivity contribution in [3.8, 4) is 0 Å². The highest BCUT2D eigenvalue weighted by Crippen LogP contribution is 2.31. The fourth-order valence-corrected chi connectivity index (χ4v) is 2.55. The molecule has 1 N–H and O–H groups in total. The van der Waals surface area contributed by atoms with Crippen LogP contribution in [-0.4, -0.2) is 37.9 Å². The largest absolute Gasteiger partial charge is 0.468 e. The molecule has 0 saturated heterocycles. The maximum absolute atomic E-state index is 11.9. The summed E-state index contributed by atoms with van der Waals surface area (Å²) in [5.41, 5.74) is -0.554. The summed E-state index contributed by atoms with van der Waals surface area (Å²) in [6.45, 7) is 4.09. The first-order valence-electron chi connectivity index (χ1n) is 5.93. The number of esters is 1. The average molecular weight is 229 g/mol. The second-order valence-electron chi connectivity index (χ2n) is 4.83. The number of carbonyl (C=O) groups is 1. The van der Waals surface area contributed by atoms with Crippen LogP contribution in [0.25, 0.3) is 0 Å². The topological polar surface area (TPSA) is 47.6 Å². The summed E-state index contributed by atoms with van der Waals surface area (Å²) in [7, 11) is 3.15. The predicted molar refractivity (Wildman–Crippen MR) is 62.3 cm³/mol. The number of hydrogen-bond donors (Lipinski definition) is 1. The molecule has 4 nitrogen and oxygen atoms in total. The van der Waals surface area contributed by atoms with Gasteiger partial charge in [-0.25, -0.2) is 0 Å². The quantitative estimate of drug-likeness (QED) is 0.742. The predicted octanol–water partition coefficient (Wildman–Crippen LogP) is 1.49. The normalized spacial score (nSPS) is 30.4. The van der Waals surface area contributed by atoms with Crippen LogP contribution in [0.2, 0.25) is 0 Å². The van der Waals surface area contributed by atoms with Crippen LogP contribution >= 0.6 is 0 Å². The van der Waals surface area contributed by atoms with Crippen LogP contribution in [0, 0.1) is 0 Å². The smallest absolute Gasteiger partial charge is 0.326 e. The van der Waals surface area contributed by atoms with E-state index in [1.165, 1.54) is 7.11 Å². The van der Waals surface area contributed by atoms with Gasteiger partial charge in [-0.1, -0.05) is 0 Å². The Morgan fingerprint density at radius 2 is 2.12 bits per heavy atom. The molecule has 4 heteroatoms. The Hall–Kier alpha value is -0.610. The lowest BCUT2D eigenvalue weighted by Crippen LogP contribution is -2.58. The molecule has 0 radical (unpaired) electrons. The van der Waals surface area contributed by atoms with Crippen molar-refractivity contribution in [2.24, 2.45) is 0 Å². The second-order valence-corrected chi connectivity index (χ2v) is 4.83. The van der Waals surface area contributed by atoms with Gasteiger partial charge < -0.3 is 9.47 Å². The molecule has 1 rings (SSSR count). The molecule has 0 aromatic heterocycles. The summed E-state index contributed by atoms with van der Waals surface area (Å²) >= 11 is 0. The van der Waals surface area contributed by atoms with E-state index in [1.807, 2.05) is 13.8 Å². The number of hydrogen-bond acceptors (Lipinski definition) is 4. The van der Waals surface area contributed by atoms with Crippen molar-refractivity contribution >= 4 is 5.97 Å². The SMILES string of the molecule is COC(=O)C1(NC(C)C)CCCC(OC)C1. The zero-order valence-corrected chi connectivity index (χ0v) is 10.7. The first-order chi connectivity index (χ1) is 7.54. The monoisotopic (exact) mass is 229 g/mol. The van der Waals surface area contributed by atoms with Crippen molar-refractivity contribution in [1.29, 1.82) is 0 Å². The zero-order chi connectivity index (χ0) is 12.2. The van der Waals surface area contributed by atoms with Crippen molar-refractivity contribution in [3.05, 3.63) is 0 Å². The van der Waals surface area contributed by atoms with E-state index in [0.29, 0.717) is 6.42 Å². The van der Waals surface area contributed by atoms with Gasteiger partial charge in [0, 0.05) is 19.6 Å². The summed E-state index contributed by atoms with van der Waals surface area (Å²) in [6.07, 6.45) is 3.70. The highest BCUT2D eigenvalue weighted by molar-refractivity contribution is 5.81. The van der Waals surface area contributed by atoms with Gasteiger partial charge >= 0.3 is 5.97 Å². The Balaban J connectivity index is 2.80. The van der Waals surface area contributed by atoms with Gasteiger partial charge in [0.2, 0.25) is 0 Å². The van der Waals surface area contributed by atoms with E-state index in [-0.39, 0.29) is 18.1 Å². The summed E-state index contributed by atoms with van der Waals surface area (Å²) in [5.74, 6) is -0.164. The molecule has 2 atom stereocenters. The maximum atomic E-state index is 11.9. The Morgan fingerprint density at radius 3 is 2.62 bits per heavy atom. The molecule has 2 unspecified atom stereocenters. The first kappa shape index (κ1) is 13.5. The minimum absolute atomic E-state index is 0.152. The van der Waals surface area contributed by atoms with E-state index in [2.05, 4.69) is 5.32 Å². The van der Waals surface area contributed by atoms with Crippen molar-refractivity contribution in [2.45, 2.75) is 57.2 Å². The molecule has 1 fully saturated rings. The van der Waals surface area contributed by atoms with Crippen molar-refractivity contribution in [1.82, 2.24) is 5.32 Å². The fourth-order valence-electron chi connectivity index (χ4n) is 2.55. The van der Waals surface area contributed by atoms with Crippen LogP contribution in [0.5, 0.6) is 0 Å². The highest BCUT2D eigenvalue weighted by atomic mass is 16.5. The molecular weight excluding hydrogens is 206 g/mol. The number of carbonyl (C=O) groups excluding carboxylic acids is 1. The fraction of sp³-hybridized carbons (Fsp3) is 0.917. The van der Waals surface area contributed by atoms with E-state index in [4.69, 9.17) is 9.47 Å².